The standard InChI is InChI=1S/C23H28N2O3/c1-24(23(26)19-9-10-21-22(16-19)28-15-14-27-21)20-8-5-12-25(17-20)13-11-18-6-3-2-4-7-18/h2-4,6-7,9-10,16,20H,5,8,11-15,17H2,1H3/t20-/m1/s1. The van der Waals surface area contributed by atoms with Crippen LogP contribution in [0.25, 0.3) is 0 Å². The van der Waals surface area contributed by atoms with Gasteiger partial charge in [-0.05, 0) is 49.6 Å². The summed E-state index contributed by atoms with van der Waals surface area (Å²) in [6, 6.07) is 16.3. The van der Waals surface area contributed by atoms with Gasteiger partial charge in [0, 0.05) is 31.7 Å². The van der Waals surface area contributed by atoms with Crippen LogP contribution in [-0.2, 0) is 6.42 Å². The molecule has 0 N–H and O–H groups in total. The smallest absolute Gasteiger partial charge is 0.254 e. The number of likely N-dealkylation sites (N-methyl/N-ethyl adjacent to an activating group) is 1. The van der Waals surface area contributed by atoms with Crippen LogP contribution in [0, 0.1) is 0 Å². The van der Waals surface area contributed by atoms with Crippen LogP contribution in [0.2, 0.25) is 0 Å². The third-order valence-electron chi connectivity index (χ3n) is 5.70. The molecule has 4 rings (SSSR count). The minimum atomic E-state index is 0.0480. The molecule has 28 heavy (non-hydrogen) atoms. The number of hydrogen-bond acceptors (Lipinski definition) is 4. The van der Waals surface area contributed by atoms with Gasteiger partial charge in [0.25, 0.3) is 5.91 Å². The number of fused-ring (bicyclic) bond motifs is 1. The number of carbonyl (C=O) groups is 1. The van der Waals surface area contributed by atoms with Gasteiger partial charge in [0.15, 0.2) is 11.5 Å². The molecule has 0 unspecified atom stereocenters. The van der Waals surface area contributed by atoms with E-state index in [9.17, 15) is 4.79 Å². The van der Waals surface area contributed by atoms with E-state index in [-0.39, 0.29) is 11.9 Å². The van der Waals surface area contributed by atoms with Crippen molar-refractivity contribution in [2.45, 2.75) is 25.3 Å². The van der Waals surface area contributed by atoms with Gasteiger partial charge in [0.2, 0.25) is 0 Å². The summed E-state index contributed by atoms with van der Waals surface area (Å²) in [4.78, 5) is 17.4. The SMILES string of the molecule is CN(C(=O)c1ccc2c(c1)OCCO2)[C@@H]1CCCN(CCc2ccccc2)C1. The summed E-state index contributed by atoms with van der Waals surface area (Å²) in [6.07, 6.45) is 3.22. The van der Waals surface area contributed by atoms with Crippen molar-refractivity contribution in [3.05, 3.63) is 59.7 Å². The van der Waals surface area contributed by atoms with Gasteiger partial charge in [0.1, 0.15) is 13.2 Å². The molecule has 2 aliphatic rings. The topological polar surface area (TPSA) is 42.0 Å². The molecule has 0 saturated carbocycles. The number of nitrogens with zero attached hydrogens (tertiary/aromatic N) is 2. The van der Waals surface area contributed by atoms with E-state index in [4.69, 9.17) is 9.47 Å². The third kappa shape index (κ3) is 4.30. The average molecular weight is 380 g/mol. The second-order valence-electron chi connectivity index (χ2n) is 7.61. The Bertz CT molecular complexity index is 809. The van der Waals surface area contributed by atoms with E-state index in [1.165, 1.54) is 5.56 Å². The molecular formula is C23H28N2O3. The van der Waals surface area contributed by atoms with Gasteiger partial charge >= 0.3 is 0 Å². The molecule has 2 heterocycles. The molecule has 0 bridgehead atoms. The molecule has 2 aromatic rings. The van der Waals surface area contributed by atoms with E-state index < -0.39 is 0 Å². The highest BCUT2D eigenvalue weighted by molar-refractivity contribution is 5.95. The lowest BCUT2D eigenvalue weighted by atomic mass is 10.0. The van der Waals surface area contributed by atoms with Gasteiger partial charge in [-0.15, -0.1) is 0 Å². The fourth-order valence-corrected chi connectivity index (χ4v) is 4.03. The van der Waals surface area contributed by atoms with E-state index in [1.807, 2.05) is 30.1 Å². The molecular weight excluding hydrogens is 352 g/mol. The first-order chi connectivity index (χ1) is 13.7. The fourth-order valence-electron chi connectivity index (χ4n) is 4.03. The maximum atomic E-state index is 13.0. The Kier molecular flexibility index (Phi) is 5.81. The number of rotatable bonds is 5. The van der Waals surface area contributed by atoms with E-state index in [0.29, 0.717) is 24.5 Å². The van der Waals surface area contributed by atoms with Gasteiger partial charge in [-0.3, -0.25) is 4.79 Å². The summed E-state index contributed by atoms with van der Waals surface area (Å²) in [5.74, 6) is 1.43. The Hall–Kier alpha value is -2.53. The summed E-state index contributed by atoms with van der Waals surface area (Å²) in [5.41, 5.74) is 2.03. The van der Waals surface area contributed by atoms with E-state index >= 15 is 0 Å². The van der Waals surface area contributed by atoms with E-state index in [2.05, 4.69) is 35.2 Å². The van der Waals surface area contributed by atoms with Crippen molar-refractivity contribution >= 4 is 5.91 Å². The maximum absolute atomic E-state index is 13.0. The van der Waals surface area contributed by atoms with Crippen molar-refractivity contribution in [2.24, 2.45) is 0 Å². The summed E-state index contributed by atoms with van der Waals surface area (Å²) in [5, 5.41) is 0. The first kappa shape index (κ1) is 18.8. The summed E-state index contributed by atoms with van der Waals surface area (Å²) >= 11 is 0. The summed E-state index contributed by atoms with van der Waals surface area (Å²) in [7, 11) is 1.92. The number of likely N-dealkylation sites (tertiary alicyclic amines) is 1. The quantitative estimate of drug-likeness (QED) is 0.799. The van der Waals surface area contributed by atoms with Crippen molar-refractivity contribution in [3.8, 4) is 11.5 Å². The zero-order chi connectivity index (χ0) is 19.3. The first-order valence-corrected chi connectivity index (χ1v) is 10.1. The predicted molar refractivity (Wildman–Crippen MR) is 109 cm³/mol. The second-order valence-corrected chi connectivity index (χ2v) is 7.61. The largest absolute Gasteiger partial charge is 0.486 e. The van der Waals surface area contributed by atoms with Crippen LogP contribution < -0.4 is 9.47 Å². The molecule has 0 spiro atoms. The lowest BCUT2D eigenvalue weighted by Crippen LogP contribution is -2.49. The molecule has 1 fully saturated rings. The van der Waals surface area contributed by atoms with Gasteiger partial charge < -0.3 is 19.3 Å². The minimum Gasteiger partial charge on any atom is -0.486 e. The molecule has 2 aromatic carbocycles. The Morgan fingerprint density at radius 1 is 1.11 bits per heavy atom. The highest BCUT2D eigenvalue weighted by atomic mass is 16.6. The van der Waals surface area contributed by atoms with Crippen molar-refractivity contribution in [1.82, 2.24) is 9.80 Å². The van der Waals surface area contributed by atoms with E-state index in [1.54, 1.807) is 0 Å². The number of ether oxygens (including phenoxy) is 2. The number of benzene rings is 2. The van der Waals surface area contributed by atoms with Gasteiger partial charge in [-0.25, -0.2) is 0 Å². The Labute approximate surface area is 166 Å². The number of piperidine rings is 1. The predicted octanol–water partition coefficient (Wildman–Crippen LogP) is 3.24. The van der Waals surface area contributed by atoms with E-state index in [0.717, 1.165) is 44.6 Å². The molecule has 0 aromatic heterocycles. The van der Waals surface area contributed by atoms with Crippen LogP contribution >= 0.6 is 0 Å². The third-order valence-corrected chi connectivity index (χ3v) is 5.70. The minimum absolute atomic E-state index is 0.0480. The van der Waals surface area contributed by atoms with Crippen LogP contribution in [0.3, 0.4) is 0 Å². The normalized spacial score (nSPS) is 19.2. The monoisotopic (exact) mass is 380 g/mol. The Morgan fingerprint density at radius 2 is 1.89 bits per heavy atom. The summed E-state index contributed by atoms with van der Waals surface area (Å²) in [6.45, 7) is 4.15. The van der Waals surface area contributed by atoms with Crippen LogP contribution in [0.4, 0.5) is 0 Å². The van der Waals surface area contributed by atoms with Crippen LogP contribution in [0.5, 0.6) is 11.5 Å². The van der Waals surface area contributed by atoms with Crippen LogP contribution in [-0.4, -0.2) is 61.6 Å². The fraction of sp³-hybridized carbons (Fsp3) is 0.435. The molecule has 1 saturated heterocycles. The highest BCUT2D eigenvalue weighted by Crippen LogP contribution is 2.31. The Balaban J connectivity index is 1.37. The molecule has 148 valence electrons. The number of amides is 1. The summed E-state index contributed by atoms with van der Waals surface area (Å²) < 4.78 is 11.2. The molecule has 1 amide bonds. The van der Waals surface area contributed by atoms with Crippen LogP contribution in [0.1, 0.15) is 28.8 Å². The first-order valence-electron chi connectivity index (χ1n) is 10.1. The lowest BCUT2D eigenvalue weighted by Gasteiger charge is -2.37. The highest BCUT2D eigenvalue weighted by Gasteiger charge is 2.27. The second kappa shape index (κ2) is 8.65. The van der Waals surface area contributed by atoms with Crippen LogP contribution in [0.15, 0.2) is 48.5 Å². The van der Waals surface area contributed by atoms with Crippen molar-refractivity contribution in [1.29, 1.82) is 0 Å². The Morgan fingerprint density at radius 3 is 2.71 bits per heavy atom. The van der Waals surface area contributed by atoms with Crippen molar-refractivity contribution in [3.63, 3.8) is 0 Å². The zero-order valence-corrected chi connectivity index (χ0v) is 16.5. The van der Waals surface area contributed by atoms with Crippen molar-refractivity contribution < 1.29 is 14.3 Å². The van der Waals surface area contributed by atoms with Gasteiger partial charge in [0.05, 0.1) is 0 Å². The molecule has 5 nitrogen and oxygen atoms in total. The molecule has 5 heteroatoms. The van der Waals surface area contributed by atoms with Crippen molar-refractivity contribution in [2.75, 3.05) is 39.9 Å². The molecule has 2 aliphatic heterocycles. The zero-order valence-electron chi connectivity index (χ0n) is 16.5. The molecule has 0 aliphatic carbocycles. The number of carbonyl (C=O) groups excluding carboxylic acids is 1. The van der Waals surface area contributed by atoms with Gasteiger partial charge in [-0.2, -0.15) is 0 Å². The maximum Gasteiger partial charge on any atom is 0.254 e. The van der Waals surface area contributed by atoms with Gasteiger partial charge in [-0.1, -0.05) is 30.3 Å². The lowest BCUT2D eigenvalue weighted by molar-refractivity contribution is 0.0618. The molecule has 0 radical (unpaired) electrons. The average Bonchev–Trinajstić information content (AvgIpc) is 2.77. The molecule has 1 atom stereocenters. The number of hydrogen-bond donors (Lipinski definition) is 0.